The van der Waals surface area contributed by atoms with E-state index in [1.54, 1.807) is 31.2 Å². The van der Waals surface area contributed by atoms with E-state index in [0.29, 0.717) is 22.7 Å². The summed E-state index contributed by atoms with van der Waals surface area (Å²) >= 11 is 10.7. The molecule has 0 saturated carbocycles. The van der Waals surface area contributed by atoms with Crippen LogP contribution in [0.2, 0.25) is 5.02 Å². The molecular formula is C18H19BrClN3O3S. The van der Waals surface area contributed by atoms with Crippen molar-refractivity contribution in [3.63, 3.8) is 0 Å². The number of carbonyl (C=O) groups excluding carboxylic acids is 3. The molecule has 1 heterocycles. The Hall–Kier alpha value is -1.90. The number of hydrogen-bond acceptors (Lipinski definition) is 4. The highest BCUT2D eigenvalue weighted by Gasteiger charge is 2.18. The summed E-state index contributed by atoms with van der Waals surface area (Å²) in [5.41, 5.74) is 0.782. The lowest BCUT2D eigenvalue weighted by atomic mass is 10.2. The van der Waals surface area contributed by atoms with Crippen LogP contribution in [-0.2, 0) is 4.79 Å². The van der Waals surface area contributed by atoms with Crippen molar-refractivity contribution in [2.75, 3.05) is 11.9 Å². The molecule has 1 atom stereocenters. The van der Waals surface area contributed by atoms with Crippen LogP contribution < -0.4 is 16.0 Å². The van der Waals surface area contributed by atoms with Gasteiger partial charge in [-0.2, -0.15) is 0 Å². The minimum Gasteiger partial charge on any atom is -0.352 e. The Morgan fingerprint density at radius 3 is 2.52 bits per heavy atom. The molecule has 6 nitrogen and oxygen atoms in total. The average molecular weight is 473 g/mol. The monoisotopic (exact) mass is 471 g/mol. The van der Waals surface area contributed by atoms with Crippen molar-refractivity contribution in [3.05, 3.63) is 49.6 Å². The molecule has 0 aliphatic heterocycles. The smallest absolute Gasteiger partial charge is 0.262 e. The molecule has 3 N–H and O–H groups in total. The van der Waals surface area contributed by atoms with Crippen molar-refractivity contribution in [1.82, 2.24) is 10.6 Å². The second-order valence-corrected chi connectivity index (χ2v) is 8.61. The normalized spacial score (nSPS) is 11.6. The van der Waals surface area contributed by atoms with Gasteiger partial charge in [-0.15, -0.1) is 11.3 Å². The van der Waals surface area contributed by atoms with Crippen LogP contribution in [-0.4, -0.2) is 30.3 Å². The topological polar surface area (TPSA) is 87.3 Å². The standard InChI is InChI=1S/C18H19BrClN3O3S/c1-3-8-21-17(25)12-5-4-11(9-13(12)20)23-16(24)10(2)22-18(26)14-6-7-15(19)27-14/h4-7,9-10H,3,8H2,1-2H3,(H,21,25)(H,22,26)(H,23,24). The number of rotatable bonds is 7. The number of amides is 3. The Morgan fingerprint density at radius 1 is 1.19 bits per heavy atom. The van der Waals surface area contributed by atoms with Gasteiger partial charge >= 0.3 is 0 Å². The molecule has 0 aliphatic rings. The van der Waals surface area contributed by atoms with Crippen LogP contribution in [0.3, 0.4) is 0 Å². The predicted octanol–water partition coefficient (Wildman–Crippen LogP) is 4.06. The summed E-state index contributed by atoms with van der Waals surface area (Å²) in [4.78, 5) is 36.9. The van der Waals surface area contributed by atoms with Crippen molar-refractivity contribution in [1.29, 1.82) is 0 Å². The highest BCUT2D eigenvalue weighted by molar-refractivity contribution is 9.11. The predicted molar refractivity (Wildman–Crippen MR) is 112 cm³/mol. The maximum atomic E-state index is 12.3. The lowest BCUT2D eigenvalue weighted by molar-refractivity contribution is -0.117. The Bertz CT molecular complexity index is 856. The fourth-order valence-corrected chi connectivity index (χ4v) is 3.69. The van der Waals surface area contributed by atoms with Crippen molar-refractivity contribution in [3.8, 4) is 0 Å². The molecule has 1 aromatic heterocycles. The van der Waals surface area contributed by atoms with E-state index in [4.69, 9.17) is 11.6 Å². The number of carbonyl (C=O) groups is 3. The first-order chi connectivity index (χ1) is 12.8. The van der Waals surface area contributed by atoms with Crippen molar-refractivity contribution in [2.24, 2.45) is 0 Å². The first kappa shape index (κ1) is 21.4. The van der Waals surface area contributed by atoms with Crippen LogP contribution in [0.1, 0.15) is 40.3 Å². The average Bonchev–Trinajstić information content (AvgIpc) is 3.06. The van der Waals surface area contributed by atoms with Gasteiger partial charge in [-0.1, -0.05) is 18.5 Å². The van der Waals surface area contributed by atoms with Gasteiger partial charge < -0.3 is 16.0 Å². The van der Waals surface area contributed by atoms with Gasteiger partial charge in [-0.05, 0) is 59.6 Å². The molecule has 0 spiro atoms. The summed E-state index contributed by atoms with van der Waals surface area (Å²) < 4.78 is 0.836. The molecule has 0 bridgehead atoms. The van der Waals surface area contributed by atoms with Crippen LogP contribution >= 0.6 is 38.9 Å². The van der Waals surface area contributed by atoms with Crippen LogP contribution in [0.25, 0.3) is 0 Å². The molecule has 0 radical (unpaired) electrons. The van der Waals surface area contributed by atoms with Gasteiger partial charge in [0.1, 0.15) is 6.04 Å². The molecule has 1 aromatic carbocycles. The SMILES string of the molecule is CCCNC(=O)c1ccc(NC(=O)C(C)NC(=O)c2ccc(Br)s2)cc1Cl. The van der Waals surface area contributed by atoms with Crippen LogP contribution in [0.4, 0.5) is 5.69 Å². The summed E-state index contributed by atoms with van der Waals surface area (Å²) in [6, 6.07) is 7.35. The number of thiophene rings is 1. The zero-order valence-corrected chi connectivity index (χ0v) is 17.9. The molecule has 3 amide bonds. The van der Waals surface area contributed by atoms with Crippen molar-refractivity contribution >= 4 is 62.3 Å². The maximum Gasteiger partial charge on any atom is 0.262 e. The zero-order valence-electron chi connectivity index (χ0n) is 14.8. The summed E-state index contributed by atoms with van der Waals surface area (Å²) in [6.07, 6.45) is 0.823. The number of nitrogens with one attached hydrogen (secondary N) is 3. The van der Waals surface area contributed by atoms with E-state index in [1.807, 2.05) is 6.92 Å². The highest BCUT2D eigenvalue weighted by Crippen LogP contribution is 2.23. The van der Waals surface area contributed by atoms with Crippen molar-refractivity contribution in [2.45, 2.75) is 26.3 Å². The van der Waals surface area contributed by atoms with Crippen LogP contribution in [0, 0.1) is 0 Å². The summed E-state index contributed by atoms with van der Waals surface area (Å²) in [5.74, 6) is -0.977. The van der Waals surface area contributed by atoms with E-state index in [-0.39, 0.29) is 16.8 Å². The first-order valence-corrected chi connectivity index (χ1v) is 10.3. The molecule has 2 aromatic rings. The van der Waals surface area contributed by atoms with Crippen LogP contribution in [0.5, 0.6) is 0 Å². The Balaban J connectivity index is 1.97. The molecule has 1 unspecified atom stereocenters. The number of benzene rings is 1. The van der Waals surface area contributed by atoms with Gasteiger partial charge in [0.05, 0.1) is 19.2 Å². The molecule has 9 heteroatoms. The van der Waals surface area contributed by atoms with Gasteiger partial charge in [-0.25, -0.2) is 0 Å². The fraction of sp³-hybridized carbons (Fsp3) is 0.278. The minimum absolute atomic E-state index is 0.238. The summed E-state index contributed by atoms with van der Waals surface area (Å²) in [6.45, 7) is 4.10. The molecule has 144 valence electrons. The second kappa shape index (κ2) is 9.87. The Morgan fingerprint density at radius 2 is 1.93 bits per heavy atom. The third kappa shape index (κ3) is 6.05. The first-order valence-electron chi connectivity index (χ1n) is 8.26. The van der Waals surface area contributed by atoms with Crippen LogP contribution in [0.15, 0.2) is 34.1 Å². The van der Waals surface area contributed by atoms with E-state index < -0.39 is 11.9 Å². The van der Waals surface area contributed by atoms with Gasteiger partial charge in [0.15, 0.2) is 0 Å². The second-order valence-electron chi connectivity index (χ2n) is 5.74. The third-order valence-electron chi connectivity index (χ3n) is 3.55. The molecular weight excluding hydrogens is 454 g/mol. The molecule has 0 aliphatic carbocycles. The number of halogens is 2. The maximum absolute atomic E-state index is 12.3. The largest absolute Gasteiger partial charge is 0.352 e. The minimum atomic E-state index is -0.746. The Labute approximate surface area is 174 Å². The van der Waals surface area contributed by atoms with Gasteiger partial charge in [0.2, 0.25) is 5.91 Å². The molecule has 0 fully saturated rings. The van der Waals surface area contributed by atoms with E-state index in [9.17, 15) is 14.4 Å². The lowest BCUT2D eigenvalue weighted by Gasteiger charge is -2.14. The van der Waals surface area contributed by atoms with E-state index in [1.165, 1.54) is 17.4 Å². The zero-order chi connectivity index (χ0) is 20.0. The fourth-order valence-electron chi connectivity index (χ4n) is 2.13. The molecule has 0 saturated heterocycles. The molecule has 2 rings (SSSR count). The highest BCUT2D eigenvalue weighted by atomic mass is 79.9. The van der Waals surface area contributed by atoms with E-state index in [0.717, 1.165) is 10.2 Å². The molecule has 27 heavy (non-hydrogen) atoms. The lowest BCUT2D eigenvalue weighted by Crippen LogP contribution is -2.41. The third-order valence-corrected chi connectivity index (χ3v) is 5.49. The quantitative estimate of drug-likeness (QED) is 0.568. The Kier molecular flexibility index (Phi) is 7.82. The van der Waals surface area contributed by atoms with E-state index >= 15 is 0 Å². The van der Waals surface area contributed by atoms with E-state index in [2.05, 4.69) is 31.9 Å². The summed E-state index contributed by atoms with van der Waals surface area (Å²) in [7, 11) is 0. The van der Waals surface area contributed by atoms with Gasteiger partial charge in [0.25, 0.3) is 11.8 Å². The van der Waals surface area contributed by atoms with Gasteiger partial charge in [0, 0.05) is 12.2 Å². The van der Waals surface area contributed by atoms with Gasteiger partial charge in [-0.3, -0.25) is 14.4 Å². The van der Waals surface area contributed by atoms with Crippen molar-refractivity contribution < 1.29 is 14.4 Å². The number of anilines is 1. The number of hydrogen-bond donors (Lipinski definition) is 3. The summed E-state index contributed by atoms with van der Waals surface area (Å²) in [5, 5.41) is 8.30.